The Morgan fingerprint density at radius 2 is 0.667 bits per heavy atom. The number of rotatable bonds is 45. The number of hydrogen-bond donors (Lipinski definition) is 0. The number of carbonyl (C=O) groups is 3. The Kier molecular flexibility index (Phi) is 42.7. The minimum absolute atomic E-state index is 0.0640. The van der Waals surface area contributed by atoms with Gasteiger partial charge in [-0.2, -0.15) is 0 Å². The van der Waals surface area contributed by atoms with Gasteiger partial charge in [0.1, 0.15) is 13.2 Å². The predicted octanol–water partition coefficient (Wildman–Crippen LogP) is 16.1. The molecule has 0 saturated heterocycles. The highest BCUT2D eigenvalue weighted by Gasteiger charge is 2.19. The van der Waals surface area contributed by atoms with E-state index in [0.29, 0.717) is 19.3 Å². The van der Waals surface area contributed by atoms with Crippen LogP contribution < -0.4 is 0 Å². The lowest BCUT2D eigenvalue weighted by atomic mass is 9.99. The van der Waals surface area contributed by atoms with E-state index < -0.39 is 6.10 Å². The van der Waals surface area contributed by atoms with Crippen molar-refractivity contribution in [3.8, 4) is 0 Å². The Morgan fingerprint density at radius 1 is 0.368 bits per heavy atom. The van der Waals surface area contributed by atoms with Crippen LogP contribution in [0.3, 0.4) is 0 Å². The molecule has 0 aromatic heterocycles. The summed E-state index contributed by atoms with van der Waals surface area (Å²) in [5, 5.41) is 0. The summed E-state index contributed by atoms with van der Waals surface area (Å²) in [5.41, 5.74) is 0. The molecule has 0 N–H and O–H groups in total. The zero-order valence-corrected chi connectivity index (χ0v) is 39.0. The van der Waals surface area contributed by atoms with Gasteiger partial charge in [0, 0.05) is 19.3 Å². The van der Waals surface area contributed by atoms with Gasteiger partial charge in [0.05, 0.1) is 0 Å². The number of esters is 3. The first-order valence-electron chi connectivity index (χ1n) is 25.3. The van der Waals surface area contributed by atoms with Gasteiger partial charge in [0.2, 0.25) is 0 Å². The molecule has 2 atom stereocenters. The molecule has 0 aliphatic rings. The molecule has 0 aromatic rings. The van der Waals surface area contributed by atoms with Crippen molar-refractivity contribution in [3.63, 3.8) is 0 Å². The average Bonchev–Trinajstić information content (AvgIpc) is 3.19. The normalized spacial score (nSPS) is 12.5. The smallest absolute Gasteiger partial charge is 0.306 e. The van der Waals surface area contributed by atoms with Crippen LogP contribution in [-0.4, -0.2) is 37.2 Å². The third kappa shape index (κ3) is 43.8. The molecule has 0 spiro atoms. The van der Waals surface area contributed by atoms with Crippen LogP contribution in [0.2, 0.25) is 0 Å². The van der Waals surface area contributed by atoms with E-state index in [0.717, 1.165) is 69.6 Å². The maximum absolute atomic E-state index is 12.8. The van der Waals surface area contributed by atoms with Gasteiger partial charge < -0.3 is 14.2 Å². The zero-order chi connectivity index (χ0) is 41.9. The van der Waals surface area contributed by atoms with Crippen LogP contribution in [0.25, 0.3) is 0 Å². The maximum atomic E-state index is 12.8. The molecule has 338 valence electrons. The Labute approximate surface area is 355 Å². The highest BCUT2D eigenvalue weighted by atomic mass is 16.6. The number of hydrogen-bond acceptors (Lipinski definition) is 6. The second-order valence-corrected chi connectivity index (χ2v) is 18.2. The van der Waals surface area contributed by atoms with E-state index >= 15 is 0 Å². The van der Waals surface area contributed by atoms with Crippen LogP contribution in [0, 0.1) is 11.8 Å². The Hall–Kier alpha value is -1.59. The second-order valence-electron chi connectivity index (χ2n) is 18.2. The summed E-state index contributed by atoms with van der Waals surface area (Å²) < 4.78 is 16.8. The Morgan fingerprint density at radius 3 is 1.00 bits per heavy atom. The van der Waals surface area contributed by atoms with E-state index in [-0.39, 0.29) is 31.1 Å². The number of carbonyl (C=O) groups excluding carboxylic acids is 3. The van der Waals surface area contributed by atoms with Crippen LogP contribution in [0.15, 0.2) is 0 Å². The fourth-order valence-electron chi connectivity index (χ4n) is 7.60. The molecule has 57 heavy (non-hydrogen) atoms. The van der Waals surface area contributed by atoms with E-state index in [1.807, 2.05) is 0 Å². The minimum Gasteiger partial charge on any atom is -0.462 e. The van der Waals surface area contributed by atoms with Gasteiger partial charge in [-0.25, -0.2) is 0 Å². The molecule has 6 heteroatoms. The highest BCUT2D eigenvalue weighted by Crippen LogP contribution is 2.18. The van der Waals surface area contributed by atoms with E-state index in [9.17, 15) is 14.4 Å². The second kappa shape index (κ2) is 44.0. The number of ether oxygens (including phenoxy) is 3. The van der Waals surface area contributed by atoms with Gasteiger partial charge in [-0.3, -0.25) is 14.4 Å². The Bertz CT molecular complexity index is 872. The molecular formula is C51H98O6. The molecule has 1 unspecified atom stereocenters. The summed E-state index contributed by atoms with van der Waals surface area (Å²) in [5.74, 6) is 0.850. The quantitative estimate of drug-likeness (QED) is 0.0346. The van der Waals surface area contributed by atoms with Crippen molar-refractivity contribution in [1.82, 2.24) is 0 Å². The van der Waals surface area contributed by atoms with Gasteiger partial charge in [-0.05, 0) is 31.1 Å². The van der Waals surface area contributed by atoms with Gasteiger partial charge in [0.15, 0.2) is 6.10 Å². The zero-order valence-electron chi connectivity index (χ0n) is 39.0. The van der Waals surface area contributed by atoms with E-state index in [1.165, 1.54) is 167 Å². The van der Waals surface area contributed by atoms with Gasteiger partial charge in [0.25, 0.3) is 0 Å². The Balaban J connectivity index is 4.31. The summed E-state index contributed by atoms with van der Waals surface area (Å²) in [7, 11) is 0. The molecule has 0 aliphatic heterocycles. The van der Waals surface area contributed by atoms with E-state index in [2.05, 4.69) is 34.6 Å². The maximum Gasteiger partial charge on any atom is 0.306 e. The van der Waals surface area contributed by atoms with Crippen molar-refractivity contribution in [2.45, 2.75) is 285 Å². The monoisotopic (exact) mass is 807 g/mol. The molecule has 0 saturated carbocycles. The fourth-order valence-corrected chi connectivity index (χ4v) is 7.60. The minimum atomic E-state index is -0.761. The van der Waals surface area contributed by atoms with Crippen molar-refractivity contribution in [3.05, 3.63) is 0 Å². The lowest BCUT2D eigenvalue weighted by molar-refractivity contribution is -0.167. The molecule has 6 nitrogen and oxygen atoms in total. The molecule has 0 bridgehead atoms. The first-order chi connectivity index (χ1) is 27.8. The molecule has 0 fully saturated rings. The molecule has 0 aliphatic carbocycles. The topological polar surface area (TPSA) is 78.9 Å². The van der Waals surface area contributed by atoms with E-state index in [4.69, 9.17) is 14.2 Å². The van der Waals surface area contributed by atoms with Crippen molar-refractivity contribution in [2.75, 3.05) is 13.2 Å². The summed E-state index contributed by atoms with van der Waals surface area (Å²) in [6, 6.07) is 0. The van der Waals surface area contributed by atoms with Crippen LogP contribution in [0.1, 0.15) is 279 Å². The van der Waals surface area contributed by atoms with Gasteiger partial charge in [-0.1, -0.05) is 240 Å². The van der Waals surface area contributed by atoms with Crippen LogP contribution in [0.4, 0.5) is 0 Å². The first kappa shape index (κ1) is 55.4. The third-order valence-electron chi connectivity index (χ3n) is 11.8. The standard InChI is InChI=1S/C51H98O6/c1-6-8-9-10-11-12-21-26-31-36-41-49(52)55-44-48(57-51(54)43-38-33-28-23-18-17-20-25-30-35-40-47(5)7-2)45-56-50(53)42-37-32-27-22-16-14-13-15-19-24-29-34-39-46(3)4/h46-48H,6-45H2,1-5H3/t47?,48-/m1/s1. The third-order valence-corrected chi connectivity index (χ3v) is 11.8. The molecule has 0 amide bonds. The van der Waals surface area contributed by atoms with Crippen molar-refractivity contribution in [1.29, 1.82) is 0 Å². The van der Waals surface area contributed by atoms with Crippen LogP contribution >= 0.6 is 0 Å². The average molecular weight is 807 g/mol. The van der Waals surface area contributed by atoms with Crippen molar-refractivity contribution < 1.29 is 28.6 Å². The summed E-state index contributed by atoms with van der Waals surface area (Å²) >= 11 is 0. The SMILES string of the molecule is CCCCCCCCCCCCC(=O)OC[C@H](COC(=O)CCCCCCCCCCCCCCC(C)C)OC(=O)CCCCCCCCCCCCC(C)CC. The lowest BCUT2D eigenvalue weighted by Crippen LogP contribution is -2.30. The highest BCUT2D eigenvalue weighted by molar-refractivity contribution is 5.71. The fraction of sp³-hybridized carbons (Fsp3) is 0.941. The molecule has 0 heterocycles. The molecular weight excluding hydrogens is 709 g/mol. The predicted molar refractivity (Wildman–Crippen MR) is 243 cm³/mol. The molecule has 0 aromatic carbocycles. The van der Waals surface area contributed by atoms with Crippen molar-refractivity contribution in [2.24, 2.45) is 11.8 Å². The van der Waals surface area contributed by atoms with E-state index in [1.54, 1.807) is 0 Å². The summed E-state index contributed by atoms with van der Waals surface area (Å²) in [4.78, 5) is 37.9. The van der Waals surface area contributed by atoms with Crippen LogP contribution in [0.5, 0.6) is 0 Å². The molecule has 0 radical (unpaired) electrons. The van der Waals surface area contributed by atoms with Crippen LogP contribution in [-0.2, 0) is 28.6 Å². The van der Waals surface area contributed by atoms with Gasteiger partial charge >= 0.3 is 17.9 Å². The lowest BCUT2D eigenvalue weighted by Gasteiger charge is -2.18. The first-order valence-corrected chi connectivity index (χ1v) is 25.3. The summed E-state index contributed by atoms with van der Waals surface area (Å²) in [6.07, 6.45) is 43.6. The summed E-state index contributed by atoms with van der Waals surface area (Å²) in [6.45, 7) is 11.4. The molecule has 0 rings (SSSR count). The number of unbranched alkanes of at least 4 members (excludes halogenated alkanes) is 29. The van der Waals surface area contributed by atoms with Crippen molar-refractivity contribution >= 4 is 17.9 Å². The largest absolute Gasteiger partial charge is 0.462 e. The van der Waals surface area contributed by atoms with Gasteiger partial charge in [-0.15, -0.1) is 0 Å².